The van der Waals surface area contributed by atoms with Gasteiger partial charge in [0.05, 0.1) is 13.1 Å². The molecule has 0 N–H and O–H groups in total. The quantitative estimate of drug-likeness (QED) is 0.206. The molecule has 0 unspecified atom stereocenters. The number of benzene rings is 4. The predicted molar refractivity (Wildman–Crippen MR) is 126 cm³/mol. The van der Waals surface area contributed by atoms with E-state index >= 15 is 0 Å². The fraction of sp³-hybridized carbons (Fsp3) is 0.0714. The first-order valence-corrected chi connectivity index (χ1v) is 10.4. The van der Waals surface area contributed by atoms with E-state index in [1.165, 1.54) is 0 Å². The number of rotatable bonds is 8. The van der Waals surface area contributed by atoms with Crippen molar-refractivity contribution in [2.45, 2.75) is 13.1 Å². The lowest BCUT2D eigenvalue weighted by atomic mass is 10.0. The van der Waals surface area contributed by atoms with Gasteiger partial charge in [-0.25, -0.2) is 0 Å². The minimum Gasteiger partial charge on any atom is -0.287 e. The Kier molecular flexibility index (Phi) is 6.66. The van der Waals surface area contributed by atoms with Gasteiger partial charge >= 0.3 is 0 Å². The van der Waals surface area contributed by atoms with E-state index in [0.717, 1.165) is 16.7 Å². The number of carbonyl (C=O) groups excluding carboxylic acids is 1. The van der Waals surface area contributed by atoms with Crippen molar-refractivity contribution < 1.29 is 4.79 Å². The fourth-order valence-electron chi connectivity index (χ4n) is 3.41. The minimum absolute atomic E-state index is 0.0853. The van der Waals surface area contributed by atoms with E-state index in [-0.39, 0.29) is 5.78 Å². The van der Waals surface area contributed by atoms with Gasteiger partial charge in [0.1, 0.15) is 5.71 Å². The van der Waals surface area contributed by atoms with Crippen molar-refractivity contribution in [2.75, 3.05) is 0 Å². The highest BCUT2D eigenvalue weighted by molar-refractivity contribution is 6.51. The van der Waals surface area contributed by atoms with Crippen molar-refractivity contribution in [3.63, 3.8) is 0 Å². The Hall–Kier alpha value is -3.98. The third-order valence-electron chi connectivity index (χ3n) is 4.96. The molecule has 0 aliphatic rings. The summed E-state index contributed by atoms with van der Waals surface area (Å²) in [6.07, 6.45) is 0. The molecule has 31 heavy (non-hydrogen) atoms. The Labute approximate surface area is 183 Å². The standard InChI is InChI=1S/C28H24N2O/c31-28(26-19-11-4-12-20-26)27(25-17-9-3-10-18-25)29-30(21-23-13-5-1-6-14-23)22-24-15-7-2-8-16-24/h1-20H,21-22H2. The van der Waals surface area contributed by atoms with Crippen LogP contribution in [0.3, 0.4) is 0 Å². The van der Waals surface area contributed by atoms with Gasteiger partial charge in [-0.3, -0.25) is 9.80 Å². The van der Waals surface area contributed by atoms with Crippen LogP contribution < -0.4 is 0 Å². The molecule has 4 aromatic carbocycles. The highest BCUT2D eigenvalue weighted by Crippen LogP contribution is 2.15. The molecule has 0 atom stereocenters. The van der Waals surface area contributed by atoms with E-state index in [2.05, 4.69) is 24.3 Å². The molecule has 0 radical (unpaired) electrons. The molecule has 0 aliphatic carbocycles. The van der Waals surface area contributed by atoms with Crippen LogP contribution in [0.1, 0.15) is 27.0 Å². The molecule has 152 valence electrons. The molecule has 4 rings (SSSR count). The van der Waals surface area contributed by atoms with E-state index in [1.807, 2.05) is 102 Å². The van der Waals surface area contributed by atoms with E-state index in [0.29, 0.717) is 24.4 Å². The van der Waals surface area contributed by atoms with Crippen LogP contribution in [0.15, 0.2) is 126 Å². The molecule has 4 aromatic rings. The molecule has 0 aromatic heterocycles. The molecular weight excluding hydrogens is 380 g/mol. The maximum atomic E-state index is 13.4. The van der Waals surface area contributed by atoms with E-state index < -0.39 is 0 Å². The van der Waals surface area contributed by atoms with Crippen LogP contribution in [-0.4, -0.2) is 16.5 Å². The molecule has 0 amide bonds. The Morgan fingerprint density at radius 1 is 0.548 bits per heavy atom. The minimum atomic E-state index is -0.0853. The van der Waals surface area contributed by atoms with Gasteiger partial charge in [-0.2, -0.15) is 5.10 Å². The van der Waals surface area contributed by atoms with Crippen LogP contribution in [0, 0.1) is 0 Å². The summed E-state index contributed by atoms with van der Waals surface area (Å²) in [5, 5.41) is 6.88. The average Bonchev–Trinajstić information content (AvgIpc) is 2.84. The van der Waals surface area contributed by atoms with Gasteiger partial charge in [0.25, 0.3) is 0 Å². The maximum Gasteiger partial charge on any atom is 0.213 e. The SMILES string of the molecule is O=C(C(=NN(Cc1ccccc1)Cc1ccccc1)c1ccccc1)c1ccccc1. The summed E-state index contributed by atoms with van der Waals surface area (Å²) >= 11 is 0. The number of hydrogen-bond acceptors (Lipinski definition) is 3. The van der Waals surface area contributed by atoms with Gasteiger partial charge in [-0.1, -0.05) is 121 Å². The van der Waals surface area contributed by atoms with E-state index in [1.54, 1.807) is 0 Å². The van der Waals surface area contributed by atoms with Crippen molar-refractivity contribution in [1.29, 1.82) is 0 Å². The topological polar surface area (TPSA) is 32.7 Å². The largest absolute Gasteiger partial charge is 0.287 e. The number of Topliss-reactive ketones (excluding diaryl/α,β-unsaturated/α-hetero) is 1. The van der Waals surface area contributed by atoms with Crippen molar-refractivity contribution in [1.82, 2.24) is 5.01 Å². The summed E-state index contributed by atoms with van der Waals surface area (Å²) in [6.45, 7) is 1.21. The van der Waals surface area contributed by atoms with Gasteiger partial charge in [-0.05, 0) is 11.1 Å². The first-order valence-electron chi connectivity index (χ1n) is 10.4. The third kappa shape index (κ3) is 5.55. The van der Waals surface area contributed by atoms with Gasteiger partial charge in [-0.15, -0.1) is 0 Å². The first-order chi connectivity index (χ1) is 15.3. The lowest BCUT2D eigenvalue weighted by molar-refractivity contribution is 0.106. The highest BCUT2D eigenvalue weighted by Gasteiger charge is 2.18. The van der Waals surface area contributed by atoms with Crippen molar-refractivity contribution >= 4 is 11.5 Å². The van der Waals surface area contributed by atoms with Crippen molar-refractivity contribution in [3.8, 4) is 0 Å². The van der Waals surface area contributed by atoms with Crippen molar-refractivity contribution in [3.05, 3.63) is 144 Å². The number of carbonyl (C=O) groups is 1. The Balaban J connectivity index is 1.74. The van der Waals surface area contributed by atoms with Crippen LogP contribution in [0.25, 0.3) is 0 Å². The number of hydrogen-bond donors (Lipinski definition) is 0. The average molecular weight is 405 g/mol. The zero-order chi connectivity index (χ0) is 21.3. The van der Waals surface area contributed by atoms with Crippen molar-refractivity contribution in [2.24, 2.45) is 5.10 Å². The summed E-state index contributed by atoms with van der Waals surface area (Å²) in [7, 11) is 0. The number of nitrogens with zero attached hydrogens (tertiary/aromatic N) is 2. The monoisotopic (exact) mass is 404 g/mol. The summed E-state index contributed by atoms with van der Waals surface area (Å²) in [5.41, 5.74) is 4.16. The van der Waals surface area contributed by atoms with Gasteiger partial charge in [0.2, 0.25) is 5.78 Å². The maximum absolute atomic E-state index is 13.4. The summed E-state index contributed by atoms with van der Waals surface area (Å²) < 4.78 is 0. The summed E-state index contributed by atoms with van der Waals surface area (Å²) in [4.78, 5) is 13.4. The van der Waals surface area contributed by atoms with Crippen LogP contribution in [-0.2, 0) is 13.1 Å². The van der Waals surface area contributed by atoms with Crippen LogP contribution in [0.2, 0.25) is 0 Å². The molecule has 0 heterocycles. The van der Waals surface area contributed by atoms with Crippen LogP contribution in [0.4, 0.5) is 0 Å². The first kappa shape index (κ1) is 20.3. The molecule has 0 saturated heterocycles. The van der Waals surface area contributed by atoms with Gasteiger partial charge in [0, 0.05) is 11.1 Å². The Morgan fingerprint density at radius 2 is 0.935 bits per heavy atom. The smallest absolute Gasteiger partial charge is 0.213 e. The normalized spacial score (nSPS) is 11.2. The Bertz CT molecular complexity index is 1080. The molecular formula is C28H24N2O. The van der Waals surface area contributed by atoms with Gasteiger partial charge in [0.15, 0.2) is 0 Å². The lowest BCUT2D eigenvalue weighted by Crippen LogP contribution is -2.24. The fourth-order valence-corrected chi connectivity index (χ4v) is 3.41. The molecule has 0 saturated carbocycles. The summed E-state index contributed by atoms with van der Waals surface area (Å²) in [6, 6.07) is 39.4. The molecule has 3 heteroatoms. The second kappa shape index (κ2) is 10.2. The van der Waals surface area contributed by atoms with Gasteiger partial charge < -0.3 is 0 Å². The molecule has 0 bridgehead atoms. The number of ketones is 1. The zero-order valence-corrected chi connectivity index (χ0v) is 17.3. The lowest BCUT2D eigenvalue weighted by Gasteiger charge is -2.21. The molecule has 0 fully saturated rings. The second-order valence-corrected chi connectivity index (χ2v) is 7.30. The van der Waals surface area contributed by atoms with Crippen LogP contribution >= 0.6 is 0 Å². The summed E-state index contributed by atoms with van der Waals surface area (Å²) in [5.74, 6) is -0.0853. The highest BCUT2D eigenvalue weighted by atomic mass is 16.1. The number of hydrazone groups is 1. The molecule has 3 nitrogen and oxygen atoms in total. The third-order valence-corrected chi connectivity index (χ3v) is 4.96. The Morgan fingerprint density at radius 3 is 1.39 bits per heavy atom. The predicted octanol–water partition coefficient (Wildman–Crippen LogP) is 5.98. The molecule has 0 aliphatic heterocycles. The molecule has 0 spiro atoms. The van der Waals surface area contributed by atoms with E-state index in [4.69, 9.17) is 5.10 Å². The van der Waals surface area contributed by atoms with Crippen LogP contribution in [0.5, 0.6) is 0 Å². The van der Waals surface area contributed by atoms with E-state index in [9.17, 15) is 4.79 Å². The zero-order valence-electron chi connectivity index (χ0n) is 17.3. The second-order valence-electron chi connectivity index (χ2n) is 7.30.